The molecule has 1 aliphatic rings. The van der Waals surface area contributed by atoms with Gasteiger partial charge in [0.25, 0.3) is 5.91 Å². The Morgan fingerprint density at radius 3 is 2.36 bits per heavy atom. The fourth-order valence-electron chi connectivity index (χ4n) is 2.96. The monoisotopic (exact) mass is 540 g/mol. The molecular formula is C23H26BrClN2O6. The molecule has 0 radical (unpaired) electrons. The number of benzene rings is 2. The first-order valence-electron chi connectivity index (χ1n) is 10.4. The van der Waals surface area contributed by atoms with E-state index in [0.717, 1.165) is 10.0 Å². The molecule has 0 atom stereocenters. The molecule has 0 unspecified atom stereocenters. The number of hydrogen-bond donors (Lipinski definition) is 3. The number of morpholine rings is 1. The Bertz CT molecular complexity index is 966. The lowest BCUT2D eigenvalue weighted by molar-refractivity contribution is -0.137. The summed E-state index contributed by atoms with van der Waals surface area (Å²) in [5, 5.41) is 20.8. The summed E-state index contributed by atoms with van der Waals surface area (Å²) in [4.78, 5) is 35.6. The minimum absolute atomic E-state index is 0.0550. The van der Waals surface area contributed by atoms with Crippen LogP contribution in [0.3, 0.4) is 0 Å². The molecule has 2 amide bonds. The number of carboxylic acids is 1. The molecule has 2 aromatic carbocycles. The second-order valence-electron chi connectivity index (χ2n) is 7.19. The Kier molecular flexibility index (Phi) is 11.2. The van der Waals surface area contributed by atoms with Crippen LogP contribution < -0.4 is 5.32 Å². The second kappa shape index (κ2) is 13.8. The van der Waals surface area contributed by atoms with Crippen molar-refractivity contribution in [2.24, 2.45) is 0 Å². The molecule has 1 saturated heterocycles. The Hall–Kier alpha value is -2.62. The summed E-state index contributed by atoms with van der Waals surface area (Å²) in [7, 11) is 0. The molecule has 0 bridgehead atoms. The second-order valence-corrected chi connectivity index (χ2v) is 8.49. The van der Waals surface area contributed by atoms with E-state index in [0.29, 0.717) is 49.9 Å². The lowest BCUT2D eigenvalue weighted by Crippen LogP contribution is -2.40. The van der Waals surface area contributed by atoms with Crippen LogP contribution in [0.2, 0.25) is 5.02 Å². The van der Waals surface area contributed by atoms with E-state index in [2.05, 4.69) is 21.2 Å². The van der Waals surface area contributed by atoms with Crippen molar-refractivity contribution < 1.29 is 29.3 Å². The van der Waals surface area contributed by atoms with Crippen LogP contribution in [-0.4, -0.2) is 59.2 Å². The van der Waals surface area contributed by atoms with Crippen molar-refractivity contribution in [1.82, 2.24) is 4.90 Å². The van der Waals surface area contributed by atoms with Gasteiger partial charge in [-0.25, -0.2) is 0 Å². The highest BCUT2D eigenvalue weighted by atomic mass is 79.9. The summed E-state index contributed by atoms with van der Waals surface area (Å²) in [5.41, 5.74) is 1.02. The maximum absolute atomic E-state index is 12.1. The summed E-state index contributed by atoms with van der Waals surface area (Å²) in [5.74, 6) is -1.16. The van der Waals surface area contributed by atoms with Gasteiger partial charge in [0.15, 0.2) is 0 Å². The van der Waals surface area contributed by atoms with Crippen molar-refractivity contribution in [2.75, 3.05) is 31.6 Å². The van der Waals surface area contributed by atoms with Gasteiger partial charge < -0.3 is 25.2 Å². The number of aliphatic carboxylic acids is 1. The van der Waals surface area contributed by atoms with Crippen LogP contribution in [-0.2, 0) is 14.3 Å². The Balaban J connectivity index is 0.000000237. The maximum Gasteiger partial charge on any atom is 0.303 e. The normalized spacial score (nSPS) is 13.0. The number of anilines is 1. The van der Waals surface area contributed by atoms with Crippen LogP contribution in [0, 0.1) is 0 Å². The first kappa shape index (κ1) is 26.6. The standard InChI is InChI=1S/C12H14ClNO4.C11H12BrNO2/c13-8-5-6-9(10(15)7-8)14-11(16)3-1-2-4-12(17)18;12-10-4-2-1-3-9(10)11(14)13-5-7-15-8-6-13/h5-7,15H,1-4H2,(H,14,16)(H,17,18);1-4H,5-8H2. The molecule has 2 aromatic rings. The number of aromatic hydroxyl groups is 1. The van der Waals surface area contributed by atoms with Gasteiger partial charge in [0.1, 0.15) is 5.75 Å². The highest BCUT2D eigenvalue weighted by molar-refractivity contribution is 9.10. The number of halogens is 2. The van der Waals surface area contributed by atoms with Crippen LogP contribution in [0.15, 0.2) is 46.9 Å². The highest BCUT2D eigenvalue weighted by Crippen LogP contribution is 2.26. The van der Waals surface area contributed by atoms with Crippen molar-refractivity contribution in [3.05, 3.63) is 57.5 Å². The SMILES string of the molecule is O=C(O)CCCCC(=O)Nc1ccc(Cl)cc1O.O=C(c1ccccc1Br)N1CCOCC1. The Morgan fingerprint density at radius 1 is 1.06 bits per heavy atom. The van der Waals surface area contributed by atoms with E-state index in [1.165, 1.54) is 12.1 Å². The largest absolute Gasteiger partial charge is 0.506 e. The molecule has 1 aliphatic heterocycles. The van der Waals surface area contributed by atoms with Crippen molar-refractivity contribution in [1.29, 1.82) is 0 Å². The van der Waals surface area contributed by atoms with Crippen molar-refractivity contribution in [2.45, 2.75) is 25.7 Å². The third kappa shape index (κ3) is 9.41. The van der Waals surface area contributed by atoms with Crippen molar-refractivity contribution in [3.8, 4) is 5.75 Å². The summed E-state index contributed by atoms with van der Waals surface area (Å²) >= 11 is 9.04. The predicted octanol–water partition coefficient (Wildman–Crippen LogP) is 4.55. The maximum atomic E-state index is 12.1. The van der Waals surface area contributed by atoms with Crippen molar-refractivity contribution in [3.63, 3.8) is 0 Å². The summed E-state index contributed by atoms with van der Waals surface area (Å²) in [6, 6.07) is 11.9. The number of nitrogens with one attached hydrogen (secondary N) is 1. The van der Waals surface area contributed by atoms with Gasteiger partial charge in [-0.05, 0) is 53.0 Å². The van der Waals surface area contributed by atoms with Gasteiger partial charge in [-0.2, -0.15) is 0 Å². The lowest BCUT2D eigenvalue weighted by Gasteiger charge is -2.27. The van der Waals surface area contributed by atoms with E-state index >= 15 is 0 Å². The van der Waals surface area contributed by atoms with E-state index in [9.17, 15) is 19.5 Å². The van der Waals surface area contributed by atoms with Gasteiger partial charge in [-0.3, -0.25) is 14.4 Å². The van der Waals surface area contributed by atoms with Gasteiger partial charge in [-0.15, -0.1) is 0 Å². The number of rotatable bonds is 7. The first-order chi connectivity index (χ1) is 15.8. The lowest BCUT2D eigenvalue weighted by atomic mass is 10.2. The summed E-state index contributed by atoms with van der Waals surface area (Å²) in [6.07, 6.45) is 1.22. The van der Waals surface area contributed by atoms with E-state index in [1.54, 1.807) is 6.07 Å². The third-order valence-corrected chi connectivity index (χ3v) is 5.61. The zero-order valence-corrected chi connectivity index (χ0v) is 20.3. The number of phenols is 1. The molecule has 0 aromatic heterocycles. The average Bonchev–Trinajstić information content (AvgIpc) is 2.79. The van der Waals surface area contributed by atoms with Crippen LogP contribution in [0.25, 0.3) is 0 Å². The van der Waals surface area contributed by atoms with Crippen LogP contribution in [0.1, 0.15) is 36.0 Å². The Labute approximate surface area is 205 Å². The predicted molar refractivity (Wildman–Crippen MR) is 129 cm³/mol. The zero-order chi connectivity index (χ0) is 24.2. The number of carboxylic acid groups (broad SMARTS) is 1. The van der Waals surface area contributed by atoms with E-state index in [-0.39, 0.29) is 30.4 Å². The molecule has 10 heteroatoms. The number of carbonyl (C=O) groups is 3. The summed E-state index contributed by atoms with van der Waals surface area (Å²) in [6.45, 7) is 2.63. The molecule has 178 valence electrons. The van der Waals surface area contributed by atoms with Gasteiger partial charge in [0.05, 0.1) is 24.5 Å². The summed E-state index contributed by atoms with van der Waals surface area (Å²) < 4.78 is 6.06. The van der Waals surface area contributed by atoms with Crippen molar-refractivity contribution >= 4 is 51.0 Å². The quantitative estimate of drug-likeness (QED) is 0.350. The van der Waals surface area contributed by atoms with Gasteiger partial charge in [-0.1, -0.05) is 23.7 Å². The molecule has 0 aliphatic carbocycles. The molecule has 1 heterocycles. The Morgan fingerprint density at radius 2 is 1.73 bits per heavy atom. The molecule has 8 nitrogen and oxygen atoms in total. The molecule has 3 N–H and O–H groups in total. The minimum Gasteiger partial charge on any atom is -0.506 e. The van der Waals surface area contributed by atoms with E-state index < -0.39 is 5.97 Å². The molecule has 1 fully saturated rings. The average molecular weight is 542 g/mol. The van der Waals surface area contributed by atoms with Gasteiger partial charge >= 0.3 is 5.97 Å². The molecule has 33 heavy (non-hydrogen) atoms. The number of phenolic OH excluding ortho intramolecular Hbond substituents is 1. The van der Waals surface area contributed by atoms with Crippen LogP contribution in [0.4, 0.5) is 5.69 Å². The van der Waals surface area contributed by atoms with Gasteiger partial charge in [0.2, 0.25) is 5.91 Å². The highest BCUT2D eigenvalue weighted by Gasteiger charge is 2.19. The smallest absolute Gasteiger partial charge is 0.303 e. The molecule has 0 spiro atoms. The molecule has 3 rings (SSSR count). The number of ether oxygens (including phenoxy) is 1. The van der Waals surface area contributed by atoms with E-state index in [1.807, 2.05) is 29.2 Å². The van der Waals surface area contributed by atoms with Gasteiger partial charge in [0, 0.05) is 41.5 Å². The number of amides is 2. The first-order valence-corrected chi connectivity index (χ1v) is 11.6. The number of unbranched alkanes of at least 4 members (excludes halogenated alkanes) is 1. The molecular weight excluding hydrogens is 516 g/mol. The minimum atomic E-state index is -0.870. The number of carbonyl (C=O) groups excluding carboxylic acids is 2. The molecule has 0 saturated carbocycles. The fraction of sp³-hybridized carbons (Fsp3) is 0.348. The van der Waals surface area contributed by atoms with Crippen LogP contribution >= 0.6 is 27.5 Å². The third-order valence-electron chi connectivity index (χ3n) is 4.68. The van der Waals surface area contributed by atoms with Crippen LogP contribution in [0.5, 0.6) is 5.75 Å². The van der Waals surface area contributed by atoms with E-state index in [4.69, 9.17) is 21.4 Å². The fourth-order valence-corrected chi connectivity index (χ4v) is 3.58. The number of nitrogens with zero attached hydrogens (tertiary/aromatic N) is 1. The topological polar surface area (TPSA) is 116 Å². The zero-order valence-electron chi connectivity index (χ0n) is 17.9. The number of hydrogen-bond acceptors (Lipinski definition) is 5.